The Morgan fingerprint density at radius 2 is 1.79 bits per heavy atom. The molecule has 0 radical (unpaired) electrons. The first-order valence-corrected chi connectivity index (χ1v) is 9.86. The van der Waals surface area contributed by atoms with E-state index in [4.69, 9.17) is 9.47 Å². The average molecular weight is 397 g/mol. The molecular formula is C23H27NO5. The second-order valence-electron chi connectivity index (χ2n) is 7.58. The first-order valence-electron chi connectivity index (χ1n) is 9.86. The Bertz CT molecular complexity index is 861. The molecule has 1 unspecified atom stereocenters. The van der Waals surface area contributed by atoms with E-state index in [1.54, 1.807) is 56.5 Å². The van der Waals surface area contributed by atoms with E-state index in [0.717, 1.165) is 25.7 Å². The largest absolute Gasteiger partial charge is 0.493 e. The molecule has 2 N–H and O–H groups in total. The normalized spacial score (nSPS) is 16.1. The molecule has 0 spiro atoms. The first-order chi connectivity index (χ1) is 13.9. The number of benzene rings is 2. The minimum Gasteiger partial charge on any atom is -0.493 e. The zero-order chi connectivity index (χ0) is 20.9. The van der Waals surface area contributed by atoms with E-state index < -0.39 is 11.4 Å². The van der Waals surface area contributed by atoms with Gasteiger partial charge < -0.3 is 19.9 Å². The number of carboxylic acids is 1. The summed E-state index contributed by atoms with van der Waals surface area (Å²) in [5.41, 5.74) is -0.195. The zero-order valence-corrected chi connectivity index (χ0v) is 16.8. The lowest BCUT2D eigenvalue weighted by Crippen LogP contribution is -2.44. The Balaban J connectivity index is 1.75. The van der Waals surface area contributed by atoms with E-state index in [-0.39, 0.29) is 18.6 Å². The summed E-state index contributed by atoms with van der Waals surface area (Å²) < 4.78 is 11.4. The number of aliphatic carboxylic acids is 1. The van der Waals surface area contributed by atoms with Crippen molar-refractivity contribution in [3.8, 4) is 11.5 Å². The molecule has 1 fully saturated rings. The van der Waals surface area contributed by atoms with Gasteiger partial charge in [0, 0.05) is 12.1 Å². The van der Waals surface area contributed by atoms with Crippen molar-refractivity contribution in [2.24, 2.45) is 0 Å². The summed E-state index contributed by atoms with van der Waals surface area (Å²) in [5.74, 6) is -0.236. The molecule has 0 heterocycles. The van der Waals surface area contributed by atoms with Crippen LogP contribution in [0.4, 0.5) is 0 Å². The van der Waals surface area contributed by atoms with Gasteiger partial charge in [0.1, 0.15) is 5.41 Å². The van der Waals surface area contributed by atoms with Gasteiger partial charge in [0.25, 0.3) is 5.91 Å². The maximum atomic E-state index is 12.7. The quantitative estimate of drug-likeness (QED) is 0.708. The first kappa shape index (κ1) is 20.7. The van der Waals surface area contributed by atoms with Crippen molar-refractivity contribution in [2.75, 3.05) is 13.7 Å². The fourth-order valence-corrected chi connectivity index (χ4v) is 3.56. The van der Waals surface area contributed by atoms with Crippen molar-refractivity contribution in [1.82, 2.24) is 5.32 Å². The van der Waals surface area contributed by atoms with Crippen LogP contribution in [0.15, 0.2) is 48.5 Å². The third kappa shape index (κ3) is 4.70. The van der Waals surface area contributed by atoms with E-state index in [1.807, 2.05) is 6.07 Å². The summed E-state index contributed by atoms with van der Waals surface area (Å²) in [7, 11) is 1.56. The van der Waals surface area contributed by atoms with Crippen molar-refractivity contribution in [3.63, 3.8) is 0 Å². The van der Waals surface area contributed by atoms with Crippen LogP contribution in [-0.2, 0) is 10.2 Å². The lowest BCUT2D eigenvalue weighted by Gasteiger charge is -2.25. The fraction of sp³-hybridized carbons (Fsp3) is 0.391. The minimum atomic E-state index is -1.23. The molecule has 2 aromatic rings. The average Bonchev–Trinajstić information content (AvgIpc) is 3.25. The number of carbonyl (C=O) groups excluding carboxylic acids is 1. The molecule has 0 aliphatic heterocycles. The monoisotopic (exact) mass is 397 g/mol. The van der Waals surface area contributed by atoms with Crippen molar-refractivity contribution >= 4 is 11.9 Å². The number of carboxylic acid groups (broad SMARTS) is 1. The predicted octanol–water partition coefficient (Wildman–Crippen LogP) is 3.79. The highest BCUT2D eigenvalue weighted by Gasteiger charge is 2.35. The standard InChI is InChI=1S/C23H27NO5/c1-23(22(26)27,17-8-4-3-5-9-17)15-24-21(25)16-12-13-19(28-2)20(14-16)29-18-10-6-7-11-18/h3-5,8-9,12-14,18H,6-7,10-11,15H2,1-2H3,(H,24,25)(H,26,27). The van der Waals surface area contributed by atoms with Crippen LogP contribution in [0.1, 0.15) is 48.5 Å². The van der Waals surface area contributed by atoms with Gasteiger partial charge in [0.05, 0.1) is 13.2 Å². The number of rotatable bonds is 8. The maximum Gasteiger partial charge on any atom is 0.315 e. The number of nitrogens with one attached hydrogen (secondary N) is 1. The second-order valence-corrected chi connectivity index (χ2v) is 7.58. The van der Waals surface area contributed by atoms with E-state index in [1.165, 1.54) is 0 Å². The summed E-state index contributed by atoms with van der Waals surface area (Å²) in [6, 6.07) is 13.9. The van der Waals surface area contributed by atoms with Crippen LogP contribution in [0.3, 0.4) is 0 Å². The molecule has 2 aromatic carbocycles. The predicted molar refractivity (Wildman–Crippen MR) is 110 cm³/mol. The number of amides is 1. The smallest absolute Gasteiger partial charge is 0.315 e. The van der Waals surface area contributed by atoms with Crippen molar-refractivity contribution in [3.05, 3.63) is 59.7 Å². The van der Waals surface area contributed by atoms with Crippen molar-refractivity contribution in [2.45, 2.75) is 44.1 Å². The summed E-state index contributed by atoms with van der Waals surface area (Å²) in [5, 5.41) is 12.5. The summed E-state index contributed by atoms with van der Waals surface area (Å²) in [4.78, 5) is 24.6. The second kappa shape index (κ2) is 8.99. The van der Waals surface area contributed by atoms with Crippen LogP contribution >= 0.6 is 0 Å². The number of methoxy groups -OCH3 is 1. The molecule has 1 atom stereocenters. The molecule has 6 heteroatoms. The van der Waals surface area contributed by atoms with Gasteiger partial charge >= 0.3 is 5.97 Å². The van der Waals surface area contributed by atoms with Gasteiger partial charge in [-0.05, 0) is 56.4 Å². The zero-order valence-electron chi connectivity index (χ0n) is 16.8. The lowest BCUT2D eigenvalue weighted by atomic mass is 9.82. The Morgan fingerprint density at radius 3 is 2.41 bits per heavy atom. The van der Waals surface area contributed by atoms with Gasteiger partial charge in [-0.2, -0.15) is 0 Å². The lowest BCUT2D eigenvalue weighted by molar-refractivity contribution is -0.142. The topological polar surface area (TPSA) is 84.9 Å². The third-order valence-corrected chi connectivity index (χ3v) is 5.51. The molecule has 1 amide bonds. The van der Waals surface area contributed by atoms with E-state index in [9.17, 15) is 14.7 Å². The highest BCUT2D eigenvalue weighted by molar-refractivity contribution is 5.95. The van der Waals surface area contributed by atoms with Crippen LogP contribution in [-0.4, -0.2) is 36.7 Å². The Hall–Kier alpha value is -3.02. The number of ether oxygens (including phenoxy) is 2. The summed E-state index contributed by atoms with van der Waals surface area (Å²) in [6.45, 7) is 1.57. The minimum absolute atomic E-state index is 0.0317. The molecule has 6 nitrogen and oxygen atoms in total. The number of carbonyl (C=O) groups is 2. The Kier molecular flexibility index (Phi) is 6.42. The van der Waals surface area contributed by atoms with Crippen LogP contribution in [0, 0.1) is 0 Å². The summed E-state index contributed by atoms with van der Waals surface area (Å²) in [6.07, 6.45) is 4.40. The molecule has 1 aliphatic carbocycles. The number of hydrogen-bond donors (Lipinski definition) is 2. The van der Waals surface area contributed by atoms with Crippen LogP contribution < -0.4 is 14.8 Å². The molecule has 3 rings (SSSR count). The third-order valence-electron chi connectivity index (χ3n) is 5.51. The molecule has 154 valence electrons. The molecule has 29 heavy (non-hydrogen) atoms. The number of hydrogen-bond acceptors (Lipinski definition) is 4. The van der Waals surface area contributed by atoms with E-state index >= 15 is 0 Å². The SMILES string of the molecule is COc1ccc(C(=O)NCC(C)(C(=O)O)c2ccccc2)cc1OC1CCCC1. The van der Waals surface area contributed by atoms with Crippen molar-refractivity contribution in [1.29, 1.82) is 0 Å². The Morgan fingerprint density at radius 1 is 1.10 bits per heavy atom. The molecule has 0 bridgehead atoms. The summed E-state index contributed by atoms with van der Waals surface area (Å²) >= 11 is 0. The van der Waals surface area contributed by atoms with E-state index in [2.05, 4.69) is 5.32 Å². The van der Waals surface area contributed by atoms with Crippen LogP contribution in [0.5, 0.6) is 11.5 Å². The van der Waals surface area contributed by atoms with Gasteiger partial charge in [0.2, 0.25) is 0 Å². The van der Waals surface area contributed by atoms with Crippen molar-refractivity contribution < 1.29 is 24.2 Å². The molecule has 1 aliphatic rings. The highest BCUT2D eigenvalue weighted by atomic mass is 16.5. The van der Waals surface area contributed by atoms with E-state index in [0.29, 0.717) is 22.6 Å². The van der Waals surface area contributed by atoms with Crippen LogP contribution in [0.2, 0.25) is 0 Å². The molecule has 0 saturated heterocycles. The van der Waals surface area contributed by atoms with Gasteiger partial charge in [0.15, 0.2) is 11.5 Å². The molecule has 0 aromatic heterocycles. The van der Waals surface area contributed by atoms with Gasteiger partial charge in [-0.3, -0.25) is 9.59 Å². The molecular weight excluding hydrogens is 370 g/mol. The fourth-order valence-electron chi connectivity index (χ4n) is 3.56. The van der Waals surface area contributed by atoms with Gasteiger partial charge in [-0.1, -0.05) is 30.3 Å². The molecule has 1 saturated carbocycles. The van der Waals surface area contributed by atoms with Gasteiger partial charge in [-0.15, -0.1) is 0 Å². The highest BCUT2D eigenvalue weighted by Crippen LogP contribution is 2.32. The maximum absolute atomic E-state index is 12.7. The van der Waals surface area contributed by atoms with Gasteiger partial charge in [-0.25, -0.2) is 0 Å². The Labute approximate surface area is 170 Å². The van der Waals surface area contributed by atoms with Crippen LogP contribution in [0.25, 0.3) is 0 Å².